The number of benzene rings is 1. The van der Waals surface area contributed by atoms with Crippen LogP contribution in [0.1, 0.15) is 18.5 Å². The van der Waals surface area contributed by atoms with Crippen LogP contribution < -0.4 is 10.5 Å². The summed E-state index contributed by atoms with van der Waals surface area (Å²) in [5, 5.41) is 12.1. The Balaban J connectivity index is 1.50. The summed E-state index contributed by atoms with van der Waals surface area (Å²) in [5.74, 6) is 1.33. The zero-order valence-corrected chi connectivity index (χ0v) is 17.8. The summed E-state index contributed by atoms with van der Waals surface area (Å²) in [6, 6.07) is 9.27. The van der Waals surface area contributed by atoms with Crippen molar-refractivity contribution < 1.29 is 0 Å². The largest absolute Gasteiger partial charge is 0.341 e. The predicted molar refractivity (Wildman–Crippen MR) is 117 cm³/mol. The molecule has 148 valence electrons. The number of halogens is 1. The molecule has 0 spiro atoms. The van der Waals surface area contributed by atoms with E-state index in [1.807, 2.05) is 34.2 Å². The lowest BCUT2D eigenvalue weighted by Gasteiger charge is -2.19. The third-order valence-electron chi connectivity index (χ3n) is 4.80. The summed E-state index contributed by atoms with van der Waals surface area (Å²) in [4.78, 5) is 19.8. The molecular weight excluding hydrogens is 428 g/mol. The van der Waals surface area contributed by atoms with Gasteiger partial charge in [0.25, 0.3) is 5.56 Å². The number of thioether (sulfide) groups is 1. The highest BCUT2D eigenvalue weighted by Gasteiger charge is 2.23. The summed E-state index contributed by atoms with van der Waals surface area (Å²) in [6.45, 7) is 1.92. The highest BCUT2D eigenvalue weighted by Crippen LogP contribution is 2.32. The molecule has 3 aromatic heterocycles. The van der Waals surface area contributed by atoms with Crippen molar-refractivity contribution in [1.82, 2.24) is 24.1 Å². The number of anilines is 1. The van der Waals surface area contributed by atoms with E-state index in [4.69, 9.17) is 11.6 Å². The van der Waals surface area contributed by atoms with Crippen molar-refractivity contribution in [2.24, 2.45) is 0 Å². The first kappa shape index (κ1) is 18.7. The second kappa shape index (κ2) is 7.81. The Hall–Kier alpha value is -2.36. The van der Waals surface area contributed by atoms with E-state index in [0.29, 0.717) is 15.7 Å². The molecule has 1 saturated heterocycles. The standard InChI is InChI=1S/C19H17ClN6OS2/c20-14-5-1-2-6-15(14)26-17(24-7-3-4-8-24)22-23-19(26)29-12-13-11-16(27)25-9-10-28-18(25)21-13/h1-2,5-6,9-11H,3-4,7-8,12H2. The van der Waals surface area contributed by atoms with Crippen molar-refractivity contribution in [2.75, 3.05) is 18.0 Å². The molecule has 0 N–H and O–H groups in total. The van der Waals surface area contributed by atoms with E-state index in [1.54, 1.807) is 16.7 Å². The van der Waals surface area contributed by atoms with E-state index >= 15 is 0 Å². The molecule has 1 aliphatic heterocycles. The molecule has 4 heterocycles. The Kier molecular flexibility index (Phi) is 5.03. The summed E-state index contributed by atoms with van der Waals surface area (Å²) in [6.07, 6.45) is 4.03. The zero-order valence-electron chi connectivity index (χ0n) is 15.4. The molecule has 29 heavy (non-hydrogen) atoms. The second-order valence-electron chi connectivity index (χ2n) is 6.69. The van der Waals surface area contributed by atoms with Gasteiger partial charge in [0.15, 0.2) is 10.1 Å². The molecule has 1 aliphatic rings. The van der Waals surface area contributed by atoms with E-state index in [-0.39, 0.29) is 5.56 Å². The van der Waals surface area contributed by atoms with Crippen LogP contribution in [0.4, 0.5) is 5.95 Å². The van der Waals surface area contributed by atoms with Crippen LogP contribution in [0, 0.1) is 0 Å². The molecule has 0 unspecified atom stereocenters. The average molecular weight is 445 g/mol. The van der Waals surface area contributed by atoms with Crippen molar-refractivity contribution in [3.8, 4) is 5.69 Å². The minimum Gasteiger partial charge on any atom is -0.341 e. The zero-order chi connectivity index (χ0) is 19.8. The van der Waals surface area contributed by atoms with Crippen LogP contribution in [0.3, 0.4) is 0 Å². The van der Waals surface area contributed by atoms with E-state index in [9.17, 15) is 4.79 Å². The number of hydrogen-bond acceptors (Lipinski definition) is 7. The lowest BCUT2D eigenvalue weighted by atomic mass is 10.3. The van der Waals surface area contributed by atoms with Crippen LogP contribution in [0.2, 0.25) is 5.02 Å². The van der Waals surface area contributed by atoms with Gasteiger partial charge in [-0.3, -0.25) is 13.8 Å². The molecule has 0 atom stereocenters. The molecule has 0 bridgehead atoms. The summed E-state index contributed by atoms with van der Waals surface area (Å²) in [7, 11) is 0. The smallest absolute Gasteiger partial charge is 0.258 e. The number of hydrogen-bond donors (Lipinski definition) is 0. The molecule has 5 rings (SSSR count). The van der Waals surface area contributed by atoms with Crippen LogP contribution in [0.5, 0.6) is 0 Å². The Morgan fingerprint density at radius 1 is 1.17 bits per heavy atom. The Bertz CT molecular complexity index is 1230. The molecule has 7 nitrogen and oxygen atoms in total. The highest BCUT2D eigenvalue weighted by molar-refractivity contribution is 7.98. The maximum Gasteiger partial charge on any atom is 0.258 e. The SMILES string of the molecule is O=c1cc(CSc2nnc(N3CCCC3)n2-c2ccccc2Cl)nc2sccn12. The van der Waals surface area contributed by atoms with Gasteiger partial charge in [0.05, 0.1) is 16.4 Å². The fourth-order valence-electron chi connectivity index (χ4n) is 3.42. The Morgan fingerprint density at radius 3 is 2.83 bits per heavy atom. The molecule has 10 heteroatoms. The maximum absolute atomic E-state index is 12.2. The van der Waals surface area contributed by atoms with E-state index in [2.05, 4.69) is 20.1 Å². The quantitative estimate of drug-likeness (QED) is 0.435. The molecule has 1 fully saturated rings. The van der Waals surface area contributed by atoms with Gasteiger partial charge < -0.3 is 4.90 Å². The number of fused-ring (bicyclic) bond motifs is 1. The number of aromatic nitrogens is 5. The van der Waals surface area contributed by atoms with Crippen molar-refractivity contribution in [1.29, 1.82) is 0 Å². The number of nitrogens with zero attached hydrogens (tertiary/aromatic N) is 6. The van der Waals surface area contributed by atoms with Gasteiger partial charge in [-0.1, -0.05) is 35.5 Å². The van der Waals surface area contributed by atoms with Crippen LogP contribution in [0.15, 0.2) is 51.9 Å². The summed E-state index contributed by atoms with van der Waals surface area (Å²) < 4.78 is 3.56. The van der Waals surface area contributed by atoms with Gasteiger partial charge in [0.2, 0.25) is 5.95 Å². The third-order valence-corrected chi connectivity index (χ3v) is 6.84. The second-order valence-corrected chi connectivity index (χ2v) is 8.92. The lowest BCUT2D eigenvalue weighted by Crippen LogP contribution is -2.22. The van der Waals surface area contributed by atoms with Crippen molar-refractivity contribution in [3.63, 3.8) is 0 Å². The van der Waals surface area contributed by atoms with Gasteiger partial charge in [0.1, 0.15) is 0 Å². The molecule has 0 amide bonds. The average Bonchev–Trinajstić information content (AvgIpc) is 3.46. The molecular formula is C19H17ClN6OS2. The number of rotatable bonds is 5. The molecule has 0 radical (unpaired) electrons. The fourth-order valence-corrected chi connectivity index (χ4v) is 5.21. The van der Waals surface area contributed by atoms with Crippen LogP contribution >= 0.6 is 34.7 Å². The van der Waals surface area contributed by atoms with Gasteiger partial charge >= 0.3 is 0 Å². The van der Waals surface area contributed by atoms with E-state index in [1.165, 1.54) is 23.1 Å². The summed E-state index contributed by atoms with van der Waals surface area (Å²) in [5.41, 5.74) is 1.50. The minimum atomic E-state index is -0.0721. The topological polar surface area (TPSA) is 68.3 Å². The van der Waals surface area contributed by atoms with E-state index in [0.717, 1.165) is 48.4 Å². The van der Waals surface area contributed by atoms with Crippen LogP contribution in [-0.4, -0.2) is 37.2 Å². The van der Waals surface area contributed by atoms with Gasteiger partial charge in [-0.2, -0.15) is 0 Å². The van der Waals surface area contributed by atoms with Gasteiger partial charge in [-0.15, -0.1) is 21.5 Å². The van der Waals surface area contributed by atoms with Gasteiger partial charge in [-0.05, 0) is 25.0 Å². The molecule has 1 aromatic carbocycles. The Morgan fingerprint density at radius 2 is 2.00 bits per heavy atom. The van der Waals surface area contributed by atoms with Crippen LogP contribution in [-0.2, 0) is 5.75 Å². The van der Waals surface area contributed by atoms with Crippen molar-refractivity contribution in [2.45, 2.75) is 23.8 Å². The first-order valence-electron chi connectivity index (χ1n) is 9.24. The normalized spacial score (nSPS) is 14.2. The van der Waals surface area contributed by atoms with Crippen molar-refractivity contribution >= 4 is 45.6 Å². The summed E-state index contributed by atoms with van der Waals surface area (Å²) >= 11 is 9.44. The third kappa shape index (κ3) is 3.54. The molecule has 0 saturated carbocycles. The van der Waals surface area contributed by atoms with E-state index < -0.39 is 0 Å². The molecule has 0 aliphatic carbocycles. The Labute approximate surface area is 180 Å². The van der Waals surface area contributed by atoms with Gasteiger partial charge in [-0.25, -0.2) is 4.98 Å². The minimum absolute atomic E-state index is 0.0721. The van der Waals surface area contributed by atoms with Crippen molar-refractivity contribution in [3.05, 3.63) is 63.0 Å². The lowest BCUT2D eigenvalue weighted by molar-refractivity contribution is 0.841. The predicted octanol–water partition coefficient (Wildman–Crippen LogP) is 3.88. The maximum atomic E-state index is 12.2. The highest BCUT2D eigenvalue weighted by atomic mass is 35.5. The first-order chi connectivity index (χ1) is 14.2. The monoisotopic (exact) mass is 444 g/mol. The molecule has 4 aromatic rings. The van der Waals surface area contributed by atoms with Gasteiger partial charge in [0, 0.05) is 36.5 Å². The number of para-hydroxylation sites is 1. The number of thiazole rings is 1. The van der Waals surface area contributed by atoms with Crippen LogP contribution in [0.25, 0.3) is 10.6 Å². The first-order valence-corrected chi connectivity index (χ1v) is 11.5. The fraction of sp³-hybridized carbons (Fsp3) is 0.263.